The van der Waals surface area contributed by atoms with Gasteiger partial charge < -0.3 is 14.8 Å². The van der Waals surface area contributed by atoms with Crippen molar-refractivity contribution in [1.29, 1.82) is 0 Å². The van der Waals surface area contributed by atoms with Crippen molar-refractivity contribution in [2.24, 2.45) is 0 Å². The molecule has 1 rings (SSSR count). The summed E-state index contributed by atoms with van der Waals surface area (Å²) >= 11 is 2.14. The second-order valence-corrected chi connectivity index (χ2v) is 4.34. The molecule has 3 nitrogen and oxygen atoms in total. The Morgan fingerprint density at radius 1 is 1.57 bits per heavy atom. The lowest BCUT2D eigenvalue weighted by Gasteiger charge is -2.09. The first-order valence-corrected chi connectivity index (χ1v) is 5.93. The van der Waals surface area contributed by atoms with Crippen molar-refractivity contribution in [3.05, 3.63) is 21.7 Å². The van der Waals surface area contributed by atoms with Crippen LogP contribution in [0.3, 0.4) is 0 Å². The minimum absolute atomic E-state index is 0.242. The average molecular weight is 309 g/mol. The summed E-state index contributed by atoms with van der Waals surface area (Å²) in [5, 5.41) is 12.6. The summed E-state index contributed by atoms with van der Waals surface area (Å²) in [6, 6.07) is 3.88. The smallest absolute Gasteiger partial charge is 0.164 e. The fraction of sp³-hybridized carbons (Fsp3) is 0.600. The Labute approximate surface area is 98.0 Å². The molecule has 0 aliphatic carbocycles. The standard InChI is InChI=1S/C10H16INO2/c1-2-3-8(13)6-12-7-9-4-5-10(11)14-9/h4-5,8,12-13H,2-3,6-7H2,1H3. The van der Waals surface area contributed by atoms with Crippen LogP contribution in [0, 0.1) is 3.77 Å². The van der Waals surface area contributed by atoms with Gasteiger partial charge in [0.15, 0.2) is 3.77 Å². The maximum absolute atomic E-state index is 9.44. The molecule has 4 heteroatoms. The van der Waals surface area contributed by atoms with Crippen LogP contribution >= 0.6 is 22.6 Å². The molecule has 80 valence electrons. The van der Waals surface area contributed by atoms with Gasteiger partial charge in [0.05, 0.1) is 12.6 Å². The molecule has 0 spiro atoms. The predicted octanol–water partition coefficient (Wildman–Crippen LogP) is 2.13. The van der Waals surface area contributed by atoms with Crippen LogP contribution in [0.2, 0.25) is 0 Å². The molecule has 1 aromatic heterocycles. The van der Waals surface area contributed by atoms with Crippen molar-refractivity contribution in [3.8, 4) is 0 Å². The third-order valence-corrected chi connectivity index (χ3v) is 2.51. The second kappa shape index (κ2) is 6.42. The third-order valence-electron chi connectivity index (χ3n) is 1.93. The lowest BCUT2D eigenvalue weighted by Crippen LogP contribution is -2.25. The number of furan rings is 1. The molecule has 0 aliphatic heterocycles. The monoisotopic (exact) mass is 309 g/mol. The maximum atomic E-state index is 9.44. The number of hydrogen-bond donors (Lipinski definition) is 2. The third kappa shape index (κ3) is 4.43. The molecule has 1 atom stereocenters. The molecule has 0 fully saturated rings. The van der Waals surface area contributed by atoms with Gasteiger partial charge in [0.1, 0.15) is 5.76 Å². The minimum atomic E-state index is -0.242. The number of aliphatic hydroxyl groups excluding tert-OH is 1. The van der Waals surface area contributed by atoms with Crippen molar-refractivity contribution >= 4 is 22.6 Å². The van der Waals surface area contributed by atoms with Crippen LogP contribution in [0.1, 0.15) is 25.5 Å². The van der Waals surface area contributed by atoms with Gasteiger partial charge in [-0.25, -0.2) is 0 Å². The molecule has 1 aromatic rings. The molecule has 0 aromatic carbocycles. The molecule has 1 unspecified atom stereocenters. The normalized spacial score (nSPS) is 13.1. The van der Waals surface area contributed by atoms with E-state index in [2.05, 4.69) is 34.8 Å². The zero-order valence-electron chi connectivity index (χ0n) is 8.29. The SMILES string of the molecule is CCCC(O)CNCc1ccc(I)o1. The summed E-state index contributed by atoms with van der Waals surface area (Å²) < 4.78 is 6.26. The Morgan fingerprint density at radius 3 is 2.93 bits per heavy atom. The first-order chi connectivity index (χ1) is 6.72. The van der Waals surface area contributed by atoms with E-state index in [-0.39, 0.29) is 6.10 Å². The first kappa shape index (κ1) is 12.0. The van der Waals surface area contributed by atoms with Crippen LogP contribution in [0.25, 0.3) is 0 Å². The van der Waals surface area contributed by atoms with E-state index < -0.39 is 0 Å². The molecule has 14 heavy (non-hydrogen) atoms. The zero-order chi connectivity index (χ0) is 10.4. The number of hydrogen-bond acceptors (Lipinski definition) is 3. The van der Waals surface area contributed by atoms with Crippen molar-refractivity contribution in [2.75, 3.05) is 6.54 Å². The molecule has 0 amide bonds. The van der Waals surface area contributed by atoms with Gasteiger partial charge in [-0.05, 0) is 41.1 Å². The number of aliphatic hydroxyl groups is 1. The van der Waals surface area contributed by atoms with Crippen LogP contribution in [0.4, 0.5) is 0 Å². The lowest BCUT2D eigenvalue weighted by molar-refractivity contribution is 0.159. The van der Waals surface area contributed by atoms with Gasteiger partial charge in [-0.15, -0.1) is 0 Å². The van der Waals surface area contributed by atoms with E-state index in [4.69, 9.17) is 4.42 Å². The van der Waals surface area contributed by atoms with Crippen LogP contribution in [0.5, 0.6) is 0 Å². The van der Waals surface area contributed by atoms with Gasteiger partial charge >= 0.3 is 0 Å². The molecule has 0 saturated heterocycles. The largest absolute Gasteiger partial charge is 0.454 e. The number of nitrogens with one attached hydrogen (secondary N) is 1. The summed E-state index contributed by atoms with van der Waals surface area (Å²) in [4.78, 5) is 0. The molecule has 0 saturated carbocycles. The van der Waals surface area contributed by atoms with Crippen LogP contribution in [-0.2, 0) is 6.54 Å². The highest BCUT2D eigenvalue weighted by atomic mass is 127. The fourth-order valence-electron chi connectivity index (χ4n) is 1.24. The van der Waals surface area contributed by atoms with E-state index in [0.717, 1.165) is 22.4 Å². The van der Waals surface area contributed by atoms with E-state index in [1.54, 1.807) is 0 Å². The number of halogens is 1. The Morgan fingerprint density at radius 2 is 2.36 bits per heavy atom. The summed E-state index contributed by atoms with van der Waals surface area (Å²) in [7, 11) is 0. The Hall–Kier alpha value is -0.0700. The van der Waals surface area contributed by atoms with E-state index in [1.807, 2.05) is 12.1 Å². The predicted molar refractivity (Wildman–Crippen MR) is 64.0 cm³/mol. The molecule has 2 N–H and O–H groups in total. The van der Waals surface area contributed by atoms with E-state index >= 15 is 0 Å². The lowest BCUT2D eigenvalue weighted by atomic mass is 10.2. The molecule has 0 aliphatic rings. The highest BCUT2D eigenvalue weighted by Crippen LogP contribution is 2.09. The highest BCUT2D eigenvalue weighted by molar-refractivity contribution is 14.1. The van der Waals surface area contributed by atoms with Gasteiger partial charge in [0, 0.05) is 6.54 Å². The Kier molecular flexibility index (Phi) is 5.50. The first-order valence-electron chi connectivity index (χ1n) is 4.85. The Balaban J connectivity index is 2.15. The molecule has 0 radical (unpaired) electrons. The Bertz CT molecular complexity index is 262. The second-order valence-electron chi connectivity index (χ2n) is 3.28. The summed E-state index contributed by atoms with van der Waals surface area (Å²) in [5.74, 6) is 0.915. The molecule has 0 bridgehead atoms. The summed E-state index contributed by atoms with van der Waals surface area (Å²) in [6.07, 6.45) is 1.62. The fourth-order valence-corrected chi connectivity index (χ4v) is 1.71. The molecular weight excluding hydrogens is 293 g/mol. The van der Waals surface area contributed by atoms with Crippen LogP contribution < -0.4 is 5.32 Å². The van der Waals surface area contributed by atoms with Gasteiger partial charge in [0.25, 0.3) is 0 Å². The highest BCUT2D eigenvalue weighted by Gasteiger charge is 2.03. The maximum Gasteiger partial charge on any atom is 0.164 e. The van der Waals surface area contributed by atoms with Crippen LogP contribution in [-0.4, -0.2) is 17.8 Å². The summed E-state index contributed by atoms with van der Waals surface area (Å²) in [6.45, 7) is 3.38. The van der Waals surface area contributed by atoms with Crippen molar-refractivity contribution in [1.82, 2.24) is 5.32 Å². The summed E-state index contributed by atoms with van der Waals surface area (Å²) in [5.41, 5.74) is 0. The van der Waals surface area contributed by atoms with Gasteiger partial charge in [-0.1, -0.05) is 13.3 Å². The quantitative estimate of drug-likeness (QED) is 0.791. The zero-order valence-corrected chi connectivity index (χ0v) is 10.5. The minimum Gasteiger partial charge on any atom is -0.454 e. The van der Waals surface area contributed by atoms with Gasteiger partial charge in [-0.2, -0.15) is 0 Å². The van der Waals surface area contributed by atoms with E-state index in [1.165, 1.54) is 0 Å². The topological polar surface area (TPSA) is 45.4 Å². The van der Waals surface area contributed by atoms with Gasteiger partial charge in [0.2, 0.25) is 0 Å². The van der Waals surface area contributed by atoms with E-state index in [9.17, 15) is 5.11 Å². The van der Waals surface area contributed by atoms with Crippen molar-refractivity contribution < 1.29 is 9.52 Å². The van der Waals surface area contributed by atoms with Crippen LogP contribution in [0.15, 0.2) is 16.5 Å². The average Bonchev–Trinajstić information content (AvgIpc) is 2.52. The number of rotatable bonds is 6. The molecular formula is C10H16INO2. The van der Waals surface area contributed by atoms with Crippen molar-refractivity contribution in [3.63, 3.8) is 0 Å². The van der Waals surface area contributed by atoms with Crippen molar-refractivity contribution in [2.45, 2.75) is 32.4 Å². The molecule has 1 heterocycles. The van der Waals surface area contributed by atoms with Gasteiger partial charge in [-0.3, -0.25) is 0 Å². The van der Waals surface area contributed by atoms with E-state index in [0.29, 0.717) is 13.1 Å².